The Labute approximate surface area is 38.0 Å². The third-order valence-electron chi connectivity index (χ3n) is 0. The summed E-state index contributed by atoms with van der Waals surface area (Å²) in [5.74, 6) is 15.7. The van der Waals surface area contributed by atoms with Crippen molar-refractivity contribution in [2.24, 2.45) is 0 Å². The van der Waals surface area contributed by atoms with Crippen LogP contribution >= 0.6 is 23.3 Å². The van der Waals surface area contributed by atoms with E-state index < -0.39 is 14.9 Å². The summed E-state index contributed by atoms with van der Waals surface area (Å²) in [7, 11) is 0. The molecule has 24 valence electrons. The fourth-order valence-electron chi connectivity index (χ4n) is 0. The molecule has 0 radical (unpaired) electrons. The number of rotatable bonds is 0. The van der Waals surface area contributed by atoms with Gasteiger partial charge >= 0.3 is 38.2 Å². The predicted octanol–water partition coefficient (Wildman–Crippen LogP) is 3.44. The molecule has 0 heterocycles. The molecule has 0 unspecified atom stereocenters. The summed E-state index contributed by atoms with van der Waals surface area (Å²) in [5, 5.41) is 0. The van der Waals surface area contributed by atoms with Gasteiger partial charge in [0.15, 0.2) is 0 Å². The molecule has 0 spiro atoms. The van der Waals surface area contributed by atoms with Crippen LogP contribution in [0.15, 0.2) is 0 Å². The molecule has 0 aromatic heterocycles. The van der Waals surface area contributed by atoms with E-state index in [1.54, 1.807) is 0 Å². The molecule has 0 saturated carbocycles. The second-order valence-corrected chi connectivity index (χ2v) is 31.9. The fraction of sp³-hybridized carbons (Fsp3) is 0. The van der Waals surface area contributed by atoms with Crippen LogP contribution in [-0.2, 0) is 14.9 Å². The maximum atomic E-state index is 3.93. The Morgan fingerprint density at radius 1 is 0.800 bits per heavy atom. The van der Waals surface area contributed by atoms with Gasteiger partial charge in [0.2, 0.25) is 0 Å². The summed E-state index contributed by atoms with van der Waals surface area (Å²) >= 11 is -2.40. The Morgan fingerprint density at radius 2 is 0.800 bits per heavy atom. The van der Waals surface area contributed by atoms with Crippen LogP contribution in [0.2, 0.25) is 0 Å². The minimum absolute atomic E-state index is 2.40. The van der Waals surface area contributed by atoms with Gasteiger partial charge in [-0.05, 0) is 0 Å². The SMILES string of the molecule is [P]#[Zr](#[P])(#[P])#[P]. The standard InChI is InChI=1S/4P.Zr. The van der Waals surface area contributed by atoms with E-state index in [1.807, 2.05) is 0 Å². The zero-order valence-corrected chi connectivity index (χ0v) is 8.32. The summed E-state index contributed by atoms with van der Waals surface area (Å²) in [6.07, 6.45) is 0. The average Bonchev–Trinajstić information content (AvgIpc) is 0.722. The average molecular weight is 215 g/mol. The van der Waals surface area contributed by atoms with Gasteiger partial charge in [-0.25, -0.2) is 0 Å². The van der Waals surface area contributed by atoms with Crippen LogP contribution in [0.25, 0.3) is 0 Å². The van der Waals surface area contributed by atoms with Crippen molar-refractivity contribution in [1.29, 1.82) is 0 Å². The molecule has 0 nitrogen and oxygen atoms in total. The van der Waals surface area contributed by atoms with Gasteiger partial charge in [0.25, 0.3) is 0 Å². The van der Waals surface area contributed by atoms with Crippen molar-refractivity contribution in [1.82, 2.24) is 0 Å². The molecule has 0 saturated heterocycles. The first-order chi connectivity index (χ1) is 2.00. The molecular formula is P4Zr. The van der Waals surface area contributed by atoms with Crippen molar-refractivity contribution in [3.8, 4) is 0 Å². The van der Waals surface area contributed by atoms with Gasteiger partial charge in [-0.15, -0.1) is 0 Å². The summed E-state index contributed by atoms with van der Waals surface area (Å²) in [5.41, 5.74) is 0. The van der Waals surface area contributed by atoms with E-state index in [0.717, 1.165) is 0 Å². The number of hydrogen-bond acceptors (Lipinski definition) is 0. The fourth-order valence-corrected chi connectivity index (χ4v) is 0. The Morgan fingerprint density at radius 3 is 0.800 bits per heavy atom. The minimum atomic E-state index is -2.40. The first-order valence-electron chi connectivity index (χ1n) is 0.894. The quantitative estimate of drug-likeness (QED) is 0.543. The molecule has 0 fully saturated rings. The van der Waals surface area contributed by atoms with E-state index in [2.05, 4.69) is 23.3 Å². The summed E-state index contributed by atoms with van der Waals surface area (Å²) in [6, 6.07) is 0. The van der Waals surface area contributed by atoms with E-state index in [9.17, 15) is 0 Å². The van der Waals surface area contributed by atoms with E-state index in [-0.39, 0.29) is 0 Å². The first kappa shape index (κ1) is 7.60. The topological polar surface area (TPSA) is 0 Å². The molecule has 5 heavy (non-hydrogen) atoms. The van der Waals surface area contributed by atoms with Crippen molar-refractivity contribution in [3.05, 3.63) is 0 Å². The van der Waals surface area contributed by atoms with E-state index in [4.69, 9.17) is 0 Å². The number of hydrogen-bond donors (Lipinski definition) is 0. The molecule has 0 amide bonds. The van der Waals surface area contributed by atoms with Crippen LogP contribution in [0.4, 0.5) is 0 Å². The molecule has 0 aromatic carbocycles. The van der Waals surface area contributed by atoms with Gasteiger partial charge in [-0.3, -0.25) is 0 Å². The summed E-state index contributed by atoms with van der Waals surface area (Å²) < 4.78 is 0. The molecule has 5 heteroatoms. The van der Waals surface area contributed by atoms with E-state index in [0.29, 0.717) is 0 Å². The molecular weight excluding hydrogens is 215 g/mol. The van der Waals surface area contributed by atoms with Crippen molar-refractivity contribution >= 4 is 23.3 Å². The van der Waals surface area contributed by atoms with Gasteiger partial charge in [0.1, 0.15) is 0 Å². The monoisotopic (exact) mass is 214 g/mol. The third kappa shape index (κ3) is 20.6. The predicted molar refractivity (Wildman–Crippen MR) is 27.7 cm³/mol. The molecule has 0 aromatic rings. The third-order valence-corrected chi connectivity index (χ3v) is 0. The van der Waals surface area contributed by atoms with Crippen LogP contribution in [0, 0.1) is 0 Å². The normalized spacial score (nSPS) is 13.6. The van der Waals surface area contributed by atoms with Crippen molar-refractivity contribution < 1.29 is 14.9 Å². The van der Waals surface area contributed by atoms with Gasteiger partial charge in [-0.1, -0.05) is 0 Å². The molecule has 0 N–H and O–H groups in total. The van der Waals surface area contributed by atoms with Crippen molar-refractivity contribution in [2.75, 3.05) is 0 Å². The van der Waals surface area contributed by atoms with Crippen LogP contribution < -0.4 is 0 Å². The zero-order valence-electron chi connectivity index (χ0n) is 2.29. The second kappa shape index (κ2) is 2.80. The van der Waals surface area contributed by atoms with Crippen molar-refractivity contribution in [3.63, 3.8) is 0 Å². The Balaban J connectivity index is 9.07. The molecule has 0 aliphatic carbocycles. The van der Waals surface area contributed by atoms with Crippen LogP contribution in [0.3, 0.4) is 0 Å². The van der Waals surface area contributed by atoms with Crippen LogP contribution in [0.1, 0.15) is 0 Å². The van der Waals surface area contributed by atoms with Crippen LogP contribution in [-0.4, -0.2) is 0 Å². The Kier molecular flexibility index (Phi) is 4.26. The van der Waals surface area contributed by atoms with Gasteiger partial charge < -0.3 is 0 Å². The zero-order chi connectivity index (χ0) is 4.50. The van der Waals surface area contributed by atoms with Crippen molar-refractivity contribution in [2.45, 2.75) is 0 Å². The summed E-state index contributed by atoms with van der Waals surface area (Å²) in [6.45, 7) is 0. The Bertz CT molecular complexity index is 448. The second-order valence-electron chi connectivity index (χ2n) is 0.600. The molecule has 0 atom stereocenters. The molecule has 0 aliphatic heterocycles. The molecule has 0 rings (SSSR count). The Hall–Kier alpha value is 2.60. The van der Waals surface area contributed by atoms with Gasteiger partial charge in [-0.2, -0.15) is 0 Å². The summed E-state index contributed by atoms with van der Waals surface area (Å²) in [4.78, 5) is 0. The maximum absolute atomic E-state index is 3.93. The van der Waals surface area contributed by atoms with Gasteiger partial charge in [0, 0.05) is 0 Å². The van der Waals surface area contributed by atoms with Gasteiger partial charge in [0.05, 0.1) is 0 Å². The molecule has 0 aliphatic rings. The van der Waals surface area contributed by atoms with Crippen LogP contribution in [0.5, 0.6) is 0 Å². The molecule has 0 bridgehead atoms. The first-order valence-corrected chi connectivity index (χ1v) is 15.9. The van der Waals surface area contributed by atoms with E-state index in [1.165, 1.54) is 0 Å². The van der Waals surface area contributed by atoms with E-state index >= 15 is 0 Å².